The second kappa shape index (κ2) is 8.14. The van der Waals surface area contributed by atoms with Gasteiger partial charge >= 0.3 is 6.09 Å². The molecule has 0 bridgehead atoms. The largest absolute Gasteiger partial charge is 0.415 e. The highest BCUT2D eigenvalue weighted by molar-refractivity contribution is 5.95. The Morgan fingerprint density at radius 2 is 1.86 bits per heavy atom. The second-order valence-corrected chi connectivity index (χ2v) is 6.59. The van der Waals surface area contributed by atoms with E-state index in [4.69, 9.17) is 4.74 Å². The Bertz CT molecular complexity index is 1130. The highest BCUT2D eigenvalue weighted by Crippen LogP contribution is 2.30. The van der Waals surface area contributed by atoms with Crippen molar-refractivity contribution >= 4 is 17.0 Å². The fourth-order valence-electron chi connectivity index (χ4n) is 3.27. The lowest BCUT2D eigenvalue weighted by atomic mass is 10.0. The molecule has 0 N–H and O–H groups in total. The molecule has 1 amide bonds. The minimum atomic E-state index is -0.352. The summed E-state index contributed by atoms with van der Waals surface area (Å²) in [5.74, 6) is 0.485. The van der Waals surface area contributed by atoms with Crippen LogP contribution in [-0.4, -0.2) is 38.8 Å². The molecular weight excluding hydrogens is 364 g/mol. The van der Waals surface area contributed by atoms with Crippen LogP contribution in [0.25, 0.3) is 27.7 Å². The third kappa shape index (κ3) is 3.82. The number of para-hydroxylation sites is 1. The number of carbonyl (C=O) groups excluding carboxylic acids is 1. The van der Waals surface area contributed by atoms with E-state index in [9.17, 15) is 4.79 Å². The number of rotatable bonds is 5. The van der Waals surface area contributed by atoms with E-state index < -0.39 is 0 Å². The molecule has 2 aromatic carbocycles. The highest BCUT2D eigenvalue weighted by Gasteiger charge is 2.13. The maximum atomic E-state index is 12.2. The van der Waals surface area contributed by atoms with Gasteiger partial charge in [0.1, 0.15) is 5.75 Å². The van der Waals surface area contributed by atoms with Gasteiger partial charge in [-0.15, -0.1) is 0 Å². The molecule has 2 aromatic heterocycles. The van der Waals surface area contributed by atoms with Crippen LogP contribution in [0.4, 0.5) is 4.79 Å². The number of ether oxygens (including phenoxy) is 1. The summed E-state index contributed by atoms with van der Waals surface area (Å²) in [6.45, 7) is 5.07. The van der Waals surface area contributed by atoms with Crippen molar-refractivity contribution in [2.24, 2.45) is 0 Å². The van der Waals surface area contributed by atoms with Crippen molar-refractivity contribution in [2.45, 2.75) is 13.8 Å². The number of hydrogen-bond donors (Lipinski definition) is 0. The van der Waals surface area contributed by atoms with Gasteiger partial charge in [0.25, 0.3) is 0 Å². The SMILES string of the molecule is CCN(CC)C(=O)Oc1ccc2c(-c3cnn(-c4ccccc4)c3)ccnc2c1. The molecule has 0 spiro atoms. The van der Waals surface area contributed by atoms with Crippen molar-refractivity contribution < 1.29 is 9.53 Å². The topological polar surface area (TPSA) is 60.3 Å². The van der Waals surface area contributed by atoms with Crippen LogP contribution in [0.5, 0.6) is 5.75 Å². The molecule has 0 saturated heterocycles. The lowest BCUT2D eigenvalue weighted by Gasteiger charge is -2.18. The highest BCUT2D eigenvalue weighted by atomic mass is 16.6. The molecular formula is C23H22N4O2. The molecule has 0 unspecified atom stereocenters. The van der Waals surface area contributed by atoms with Gasteiger partial charge in [0.2, 0.25) is 0 Å². The number of nitrogens with zero attached hydrogens (tertiary/aromatic N) is 4. The Morgan fingerprint density at radius 3 is 2.62 bits per heavy atom. The third-order valence-electron chi connectivity index (χ3n) is 4.86. The molecule has 0 aliphatic carbocycles. The van der Waals surface area contributed by atoms with E-state index in [0.29, 0.717) is 18.8 Å². The summed E-state index contributed by atoms with van der Waals surface area (Å²) in [5.41, 5.74) is 3.79. The Hall–Kier alpha value is -3.67. The molecule has 4 rings (SSSR count). The molecule has 0 radical (unpaired) electrons. The molecule has 4 aromatic rings. The number of pyridine rings is 1. The molecule has 0 saturated carbocycles. The number of hydrogen-bond acceptors (Lipinski definition) is 4. The standard InChI is InChI=1S/C23H22N4O2/c1-3-26(4-2)23(28)29-19-10-11-21-20(12-13-24-22(21)14-19)17-15-25-27(16-17)18-8-6-5-7-9-18/h5-16H,3-4H2,1-2H3. The summed E-state index contributed by atoms with van der Waals surface area (Å²) < 4.78 is 7.35. The third-order valence-corrected chi connectivity index (χ3v) is 4.86. The van der Waals surface area contributed by atoms with Gasteiger partial charge in [-0.1, -0.05) is 18.2 Å². The van der Waals surface area contributed by atoms with Gasteiger partial charge < -0.3 is 9.64 Å². The van der Waals surface area contributed by atoms with Crippen molar-refractivity contribution in [3.63, 3.8) is 0 Å². The van der Waals surface area contributed by atoms with Crippen LogP contribution in [-0.2, 0) is 0 Å². The van der Waals surface area contributed by atoms with E-state index in [1.807, 2.05) is 73.4 Å². The van der Waals surface area contributed by atoms with Crippen molar-refractivity contribution in [1.82, 2.24) is 19.7 Å². The molecule has 6 heteroatoms. The average Bonchev–Trinajstić information content (AvgIpc) is 3.25. The maximum Gasteiger partial charge on any atom is 0.415 e. The van der Waals surface area contributed by atoms with Crippen LogP contribution in [0.2, 0.25) is 0 Å². The summed E-state index contributed by atoms with van der Waals surface area (Å²) in [6.07, 6.45) is 5.25. The van der Waals surface area contributed by atoms with Crippen molar-refractivity contribution in [3.05, 3.63) is 73.2 Å². The first-order valence-electron chi connectivity index (χ1n) is 9.65. The minimum Gasteiger partial charge on any atom is -0.410 e. The zero-order chi connectivity index (χ0) is 20.2. The van der Waals surface area contributed by atoms with Crippen LogP contribution in [0.1, 0.15) is 13.8 Å². The first kappa shape index (κ1) is 18.7. The normalized spacial score (nSPS) is 10.8. The number of amides is 1. The van der Waals surface area contributed by atoms with E-state index in [1.165, 1.54) is 0 Å². The van der Waals surface area contributed by atoms with Crippen LogP contribution >= 0.6 is 0 Å². The quantitative estimate of drug-likeness (QED) is 0.488. The van der Waals surface area contributed by atoms with Crippen molar-refractivity contribution in [2.75, 3.05) is 13.1 Å². The molecule has 2 heterocycles. The number of aromatic nitrogens is 3. The summed E-state index contributed by atoms with van der Waals surface area (Å²) in [5, 5.41) is 5.46. The van der Waals surface area contributed by atoms with Gasteiger partial charge in [-0.05, 0) is 49.7 Å². The van der Waals surface area contributed by atoms with E-state index >= 15 is 0 Å². The Labute approximate surface area is 169 Å². The average molecular weight is 386 g/mol. The summed E-state index contributed by atoms with van der Waals surface area (Å²) in [7, 11) is 0. The van der Waals surface area contributed by atoms with Crippen molar-refractivity contribution in [1.29, 1.82) is 0 Å². The van der Waals surface area contributed by atoms with Crippen LogP contribution in [0, 0.1) is 0 Å². The fourth-order valence-corrected chi connectivity index (χ4v) is 3.27. The summed E-state index contributed by atoms with van der Waals surface area (Å²) in [6, 6.07) is 17.5. The molecule has 0 fully saturated rings. The van der Waals surface area contributed by atoms with Gasteiger partial charge in [-0.2, -0.15) is 5.10 Å². The Kier molecular flexibility index (Phi) is 5.24. The molecule has 6 nitrogen and oxygen atoms in total. The molecule has 0 aliphatic rings. The van der Waals surface area contributed by atoms with Crippen LogP contribution in [0.3, 0.4) is 0 Å². The molecule has 0 aliphatic heterocycles. The van der Waals surface area contributed by atoms with Gasteiger partial charge in [0.05, 0.1) is 17.4 Å². The lowest BCUT2D eigenvalue weighted by Crippen LogP contribution is -2.33. The molecule has 29 heavy (non-hydrogen) atoms. The zero-order valence-corrected chi connectivity index (χ0v) is 16.4. The van der Waals surface area contributed by atoms with Crippen molar-refractivity contribution in [3.8, 4) is 22.6 Å². The Balaban J connectivity index is 1.65. The number of fused-ring (bicyclic) bond motifs is 1. The van der Waals surface area contributed by atoms with Gasteiger partial charge in [-0.3, -0.25) is 4.98 Å². The first-order valence-corrected chi connectivity index (χ1v) is 9.65. The zero-order valence-electron chi connectivity index (χ0n) is 16.4. The maximum absolute atomic E-state index is 12.2. The molecule has 0 atom stereocenters. The van der Waals surface area contributed by atoms with E-state index in [2.05, 4.69) is 10.1 Å². The van der Waals surface area contributed by atoms with Gasteiger partial charge in [0, 0.05) is 42.5 Å². The monoisotopic (exact) mass is 386 g/mol. The lowest BCUT2D eigenvalue weighted by molar-refractivity contribution is 0.157. The minimum absolute atomic E-state index is 0.352. The summed E-state index contributed by atoms with van der Waals surface area (Å²) in [4.78, 5) is 18.3. The first-order chi connectivity index (χ1) is 14.2. The van der Waals surface area contributed by atoms with E-state index in [1.54, 1.807) is 23.2 Å². The van der Waals surface area contributed by atoms with Crippen LogP contribution < -0.4 is 4.74 Å². The number of benzene rings is 2. The summed E-state index contributed by atoms with van der Waals surface area (Å²) >= 11 is 0. The van der Waals surface area contributed by atoms with E-state index in [-0.39, 0.29) is 6.09 Å². The molecule has 146 valence electrons. The number of carbonyl (C=O) groups is 1. The van der Waals surface area contributed by atoms with E-state index in [0.717, 1.165) is 27.7 Å². The van der Waals surface area contributed by atoms with Gasteiger partial charge in [-0.25, -0.2) is 9.48 Å². The smallest absolute Gasteiger partial charge is 0.410 e. The predicted molar refractivity (Wildman–Crippen MR) is 113 cm³/mol. The second-order valence-electron chi connectivity index (χ2n) is 6.59. The predicted octanol–water partition coefficient (Wildman–Crippen LogP) is 4.93. The van der Waals surface area contributed by atoms with Crippen LogP contribution in [0.15, 0.2) is 73.2 Å². The fraction of sp³-hybridized carbons (Fsp3) is 0.174. The van der Waals surface area contributed by atoms with Gasteiger partial charge in [0.15, 0.2) is 0 Å². The Morgan fingerprint density at radius 1 is 1.07 bits per heavy atom.